The molecule has 0 saturated heterocycles. The van der Waals surface area contributed by atoms with Gasteiger partial charge in [-0.05, 0) is 106 Å². The maximum Gasteiger partial charge on any atom is 0.0704 e. The lowest BCUT2D eigenvalue weighted by Crippen LogP contribution is -2.30. The summed E-state index contributed by atoms with van der Waals surface area (Å²) in [5, 5.41) is 2.53. The fourth-order valence-corrected chi connectivity index (χ4v) is 10.2. The predicted molar refractivity (Wildman–Crippen MR) is 265 cm³/mol. The standard InChI is InChI=1S/C60H43N3/c1-2-46(18-14-15-41-27-35-48(36-28-41)62-56-23-10-6-19-50(56)51-20-7-11-24-57(51)62)61(47-37-33-45(34-38-47)44-31-29-43(30-32-44)42-16-4-3-5-17-42)49-39-54-52-21-8-12-25-58(52)63-59-26-13-9-22-53(59)55(40-49)60(54)63/h2-40,54,60H,1H2. The zero-order chi connectivity index (χ0) is 41.9. The molecule has 3 heteroatoms. The molecule has 0 saturated carbocycles. The first-order valence-electron chi connectivity index (χ1n) is 21.8. The lowest BCUT2D eigenvalue weighted by molar-refractivity contribution is 0.770. The number of para-hydroxylation sites is 4. The van der Waals surface area contributed by atoms with E-state index in [0.717, 1.165) is 28.3 Å². The van der Waals surface area contributed by atoms with Crippen molar-refractivity contribution < 1.29 is 0 Å². The molecule has 1 aromatic heterocycles. The Morgan fingerprint density at radius 3 is 1.79 bits per heavy atom. The van der Waals surface area contributed by atoms with E-state index in [0.29, 0.717) is 0 Å². The van der Waals surface area contributed by atoms with E-state index in [1.807, 2.05) is 6.08 Å². The van der Waals surface area contributed by atoms with Gasteiger partial charge in [0.2, 0.25) is 0 Å². The summed E-state index contributed by atoms with van der Waals surface area (Å²) in [5.41, 5.74) is 19.3. The van der Waals surface area contributed by atoms with Crippen molar-refractivity contribution in [3.8, 4) is 27.9 Å². The Kier molecular flexibility index (Phi) is 8.79. The van der Waals surface area contributed by atoms with Crippen LogP contribution in [0.2, 0.25) is 0 Å². The maximum absolute atomic E-state index is 4.40. The smallest absolute Gasteiger partial charge is 0.0704 e. The zero-order valence-corrected chi connectivity index (χ0v) is 34.7. The van der Waals surface area contributed by atoms with Crippen LogP contribution < -0.4 is 9.80 Å². The maximum atomic E-state index is 4.40. The van der Waals surface area contributed by atoms with Crippen LogP contribution in [0.5, 0.6) is 0 Å². The van der Waals surface area contributed by atoms with Gasteiger partial charge in [0.05, 0.1) is 17.1 Å². The number of nitrogens with zero attached hydrogens (tertiary/aromatic N) is 3. The molecule has 3 heterocycles. The SMILES string of the molecule is C=CC(=CC=Cc1ccc(-n2c3ccccc3c3ccccc32)cc1)N(C1=CC2c3ccccc3N3c4ccccc4C(=C1)C23)c1ccc(-c2ccc(-c3ccccc3)cc2)cc1. The molecule has 0 amide bonds. The minimum Gasteiger partial charge on any atom is -0.332 e. The molecule has 0 bridgehead atoms. The highest BCUT2D eigenvalue weighted by molar-refractivity contribution is 6.09. The number of hydrogen-bond donors (Lipinski definition) is 0. The number of allylic oxidation sites excluding steroid dienone is 4. The fraction of sp³-hybridized carbons (Fsp3) is 0.0333. The average Bonchev–Trinajstić information content (AvgIpc) is 3.99. The van der Waals surface area contributed by atoms with E-state index < -0.39 is 0 Å². The van der Waals surface area contributed by atoms with E-state index in [1.165, 1.54) is 72.1 Å². The van der Waals surface area contributed by atoms with Crippen molar-refractivity contribution >= 4 is 50.5 Å². The van der Waals surface area contributed by atoms with Gasteiger partial charge in [-0.1, -0.05) is 176 Å². The molecule has 0 N–H and O–H groups in total. The third-order valence-electron chi connectivity index (χ3n) is 13.1. The molecule has 9 aromatic rings. The van der Waals surface area contributed by atoms with E-state index in [9.17, 15) is 0 Å². The largest absolute Gasteiger partial charge is 0.332 e. The van der Waals surface area contributed by atoms with Crippen molar-refractivity contribution in [3.05, 3.63) is 265 Å². The van der Waals surface area contributed by atoms with Gasteiger partial charge in [-0.2, -0.15) is 0 Å². The number of aromatic nitrogens is 1. The van der Waals surface area contributed by atoms with Crippen LogP contribution in [-0.2, 0) is 0 Å². The van der Waals surface area contributed by atoms with Crippen molar-refractivity contribution in [3.63, 3.8) is 0 Å². The summed E-state index contributed by atoms with van der Waals surface area (Å²) in [6.45, 7) is 4.40. The van der Waals surface area contributed by atoms with Crippen LogP contribution in [0.1, 0.15) is 22.6 Å². The van der Waals surface area contributed by atoms with Gasteiger partial charge in [0.25, 0.3) is 0 Å². The van der Waals surface area contributed by atoms with Crippen LogP contribution in [0.15, 0.2) is 249 Å². The van der Waals surface area contributed by atoms with Crippen LogP contribution in [-0.4, -0.2) is 10.6 Å². The van der Waals surface area contributed by atoms with Gasteiger partial charge in [-0.15, -0.1) is 0 Å². The van der Waals surface area contributed by atoms with Gasteiger partial charge in [-0.3, -0.25) is 0 Å². The van der Waals surface area contributed by atoms with E-state index >= 15 is 0 Å². The molecule has 1 aliphatic carbocycles. The minimum absolute atomic E-state index is 0.197. The third-order valence-corrected chi connectivity index (χ3v) is 13.1. The molecule has 2 aliphatic heterocycles. The summed E-state index contributed by atoms with van der Waals surface area (Å²) in [6, 6.07) is 72.6. The molecule has 298 valence electrons. The Labute approximate surface area is 368 Å². The molecule has 2 atom stereocenters. The highest BCUT2D eigenvalue weighted by Gasteiger charge is 2.48. The molecule has 2 unspecified atom stereocenters. The summed E-state index contributed by atoms with van der Waals surface area (Å²) in [7, 11) is 0. The molecule has 0 radical (unpaired) electrons. The molecule has 0 spiro atoms. The Hall–Kier alpha value is -8.14. The lowest BCUT2D eigenvalue weighted by atomic mass is 9.83. The topological polar surface area (TPSA) is 11.4 Å². The van der Waals surface area contributed by atoms with Gasteiger partial charge in [-0.25, -0.2) is 0 Å². The predicted octanol–water partition coefficient (Wildman–Crippen LogP) is 15.3. The highest BCUT2D eigenvalue weighted by atomic mass is 15.2. The summed E-state index contributed by atoms with van der Waals surface area (Å²) >= 11 is 0. The number of hydrogen-bond acceptors (Lipinski definition) is 2. The Bertz CT molecular complexity index is 3290. The molecule has 0 fully saturated rings. The van der Waals surface area contributed by atoms with E-state index in [2.05, 4.69) is 252 Å². The Morgan fingerprint density at radius 1 is 0.540 bits per heavy atom. The molecule has 12 rings (SSSR count). The van der Waals surface area contributed by atoms with Gasteiger partial charge >= 0.3 is 0 Å². The molecular formula is C60H43N3. The van der Waals surface area contributed by atoms with Gasteiger partial charge in [0.1, 0.15) is 0 Å². The van der Waals surface area contributed by atoms with Crippen molar-refractivity contribution in [2.24, 2.45) is 0 Å². The van der Waals surface area contributed by atoms with Crippen LogP contribution in [0.25, 0.3) is 61.4 Å². The highest BCUT2D eigenvalue weighted by Crippen LogP contribution is 2.58. The molecule has 3 nitrogen and oxygen atoms in total. The van der Waals surface area contributed by atoms with Crippen molar-refractivity contribution in [2.45, 2.75) is 12.0 Å². The van der Waals surface area contributed by atoms with Crippen molar-refractivity contribution in [1.29, 1.82) is 0 Å². The van der Waals surface area contributed by atoms with Crippen molar-refractivity contribution in [1.82, 2.24) is 4.57 Å². The van der Waals surface area contributed by atoms with E-state index in [1.54, 1.807) is 0 Å². The molecular weight excluding hydrogens is 763 g/mol. The Balaban J connectivity index is 0.919. The number of benzene rings is 8. The van der Waals surface area contributed by atoms with Crippen LogP contribution >= 0.6 is 0 Å². The first-order chi connectivity index (χ1) is 31.2. The van der Waals surface area contributed by atoms with Crippen LogP contribution in [0, 0.1) is 0 Å². The summed E-state index contributed by atoms with van der Waals surface area (Å²) in [5.74, 6) is 0.197. The van der Waals surface area contributed by atoms with E-state index in [4.69, 9.17) is 0 Å². The minimum atomic E-state index is 0.197. The molecule has 3 aliphatic rings. The summed E-state index contributed by atoms with van der Waals surface area (Å²) < 4.78 is 2.36. The first-order valence-corrected chi connectivity index (χ1v) is 21.8. The summed E-state index contributed by atoms with van der Waals surface area (Å²) in [6.07, 6.45) is 13.4. The quantitative estimate of drug-likeness (QED) is 0.135. The third kappa shape index (κ3) is 6.12. The average molecular weight is 806 g/mol. The van der Waals surface area contributed by atoms with Crippen LogP contribution in [0.4, 0.5) is 17.1 Å². The fourth-order valence-electron chi connectivity index (χ4n) is 10.2. The first kappa shape index (κ1) is 36.7. The van der Waals surface area contributed by atoms with Gasteiger partial charge < -0.3 is 14.4 Å². The normalized spacial score (nSPS) is 16.2. The molecule has 63 heavy (non-hydrogen) atoms. The Morgan fingerprint density at radius 2 is 1.11 bits per heavy atom. The lowest BCUT2D eigenvalue weighted by Gasteiger charge is -2.33. The zero-order valence-electron chi connectivity index (χ0n) is 34.7. The number of anilines is 3. The monoisotopic (exact) mass is 805 g/mol. The number of fused-ring (bicyclic) bond motifs is 9. The second-order valence-electron chi connectivity index (χ2n) is 16.5. The second-order valence-corrected chi connectivity index (χ2v) is 16.5. The summed E-state index contributed by atoms with van der Waals surface area (Å²) in [4.78, 5) is 4.93. The van der Waals surface area contributed by atoms with Gasteiger partial charge in [0.15, 0.2) is 0 Å². The molecule has 8 aromatic carbocycles. The second kappa shape index (κ2) is 15.1. The van der Waals surface area contributed by atoms with Crippen LogP contribution in [0.3, 0.4) is 0 Å². The number of rotatable bonds is 9. The van der Waals surface area contributed by atoms with E-state index in [-0.39, 0.29) is 12.0 Å². The van der Waals surface area contributed by atoms with Crippen molar-refractivity contribution in [2.75, 3.05) is 9.80 Å². The van der Waals surface area contributed by atoms with Gasteiger partial charge in [0, 0.05) is 56.4 Å².